The van der Waals surface area contributed by atoms with Crippen molar-refractivity contribution in [2.45, 2.75) is 26.5 Å². The van der Waals surface area contributed by atoms with Crippen LogP contribution < -0.4 is 4.74 Å². The van der Waals surface area contributed by atoms with Gasteiger partial charge in [-0.15, -0.1) is 0 Å². The number of thioether (sulfide) groups is 1. The van der Waals surface area contributed by atoms with Crippen LogP contribution in [0.3, 0.4) is 0 Å². The lowest BCUT2D eigenvalue weighted by Crippen LogP contribution is -2.34. The molecule has 0 N–H and O–H groups in total. The fraction of sp³-hybridized carbons (Fsp3) is 0.217. The van der Waals surface area contributed by atoms with Crippen LogP contribution >= 0.6 is 23.4 Å². The molecule has 0 aliphatic carbocycles. The van der Waals surface area contributed by atoms with E-state index >= 15 is 0 Å². The molecule has 0 fully saturated rings. The molecule has 160 valence electrons. The lowest BCUT2D eigenvalue weighted by molar-refractivity contribution is -0.139. The van der Waals surface area contributed by atoms with E-state index in [1.165, 1.54) is 17.8 Å². The molecule has 5 nitrogen and oxygen atoms in total. The highest BCUT2D eigenvalue weighted by Gasteiger charge is 2.37. The van der Waals surface area contributed by atoms with Gasteiger partial charge in [-0.05, 0) is 49.1 Å². The molecule has 2 aliphatic rings. The van der Waals surface area contributed by atoms with Crippen molar-refractivity contribution >= 4 is 34.5 Å². The Morgan fingerprint density at radius 3 is 2.74 bits per heavy atom. The smallest absolute Gasteiger partial charge is 0.338 e. The Labute approximate surface area is 189 Å². The molecule has 0 bridgehead atoms. The number of fused-ring (bicyclic) bond motifs is 1. The van der Waals surface area contributed by atoms with Gasteiger partial charge in [-0.25, -0.2) is 14.2 Å². The fourth-order valence-corrected chi connectivity index (χ4v) is 4.48. The summed E-state index contributed by atoms with van der Waals surface area (Å²) in [6, 6.07) is 11.5. The van der Waals surface area contributed by atoms with Crippen LogP contribution in [0.4, 0.5) is 4.39 Å². The number of amidine groups is 1. The van der Waals surface area contributed by atoms with E-state index in [0.717, 1.165) is 10.7 Å². The Hall–Kier alpha value is -2.77. The van der Waals surface area contributed by atoms with Crippen molar-refractivity contribution < 1.29 is 18.7 Å². The molecule has 2 aliphatic heterocycles. The molecule has 2 aromatic carbocycles. The zero-order valence-corrected chi connectivity index (χ0v) is 18.5. The maximum Gasteiger partial charge on any atom is 0.338 e. The molecule has 2 heterocycles. The third kappa shape index (κ3) is 4.34. The summed E-state index contributed by atoms with van der Waals surface area (Å²) in [4.78, 5) is 19.2. The van der Waals surface area contributed by atoms with Crippen molar-refractivity contribution in [3.63, 3.8) is 0 Å². The summed E-state index contributed by atoms with van der Waals surface area (Å²) in [6.45, 7) is 3.90. The summed E-state index contributed by atoms with van der Waals surface area (Å²) in [7, 11) is 0. The van der Waals surface area contributed by atoms with Gasteiger partial charge in [0.15, 0.2) is 5.17 Å². The average molecular weight is 459 g/mol. The summed E-state index contributed by atoms with van der Waals surface area (Å²) >= 11 is 7.57. The number of rotatable bonds is 6. The quantitative estimate of drug-likeness (QED) is 0.510. The molecule has 0 amide bonds. The van der Waals surface area contributed by atoms with E-state index in [4.69, 9.17) is 21.1 Å². The highest BCUT2D eigenvalue weighted by molar-refractivity contribution is 8.16. The Morgan fingerprint density at radius 1 is 1.26 bits per heavy atom. The molecule has 2 aromatic rings. The lowest BCUT2D eigenvalue weighted by atomic mass is 9.95. The van der Waals surface area contributed by atoms with E-state index in [2.05, 4.69) is 4.99 Å². The van der Waals surface area contributed by atoms with E-state index in [1.54, 1.807) is 31.2 Å². The van der Waals surface area contributed by atoms with Crippen molar-refractivity contribution in [1.82, 2.24) is 4.90 Å². The highest BCUT2D eigenvalue weighted by atomic mass is 35.5. The molecule has 31 heavy (non-hydrogen) atoms. The minimum atomic E-state index is -0.406. The number of carbonyl (C=O) groups excluding carboxylic acids is 1. The molecule has 0 spiro atoms. The molecule has 0 radical (unpaired) electrons. The zero-order chi connectivity index (χ0) is 22.0. The van der Waals surface area contributed by atoms with Gasteiger partial charge in [-0.3, -0.25) is 0 Å². The van der Waals surface area contributed by atoms with E-state index in [0.29, 0.717) is 27.6 Å². The second-order valence-corrected chi connectivity index (χ2v) is 8.16. The van der Waals surface area contributed by atoms with Gasteiger partial charge in [0.1, 0.15) is 18.2 Å². The first-order chi connectivity index (χ1) is 15.0. The number of halogens is 2. The minimum absolute atomic E-state index is 0.0175. The highest BCUT2D eigenvalue weighted by Crippen LogP contribution is 2.41. The third-order valence-electron chi connectivity index (χ3n) is 4.96. The molecule has 1 atom stereocenters. The van der Waals surface area contributed by atoms with Crippen LogP contribution in [0, 0.1) is 5.82 Å². The first kappa shape index (κ1) is 21.5. The minimum Gasteiger partial charge on any atom is -0.489 e. The maximum atomic E-state index is 14.0. The van der Waals surface area contributed by atoms with Gasteiger partial charge in [0.25, 0.3) is 0 Å². The maximum absolute atomic E-state index is 14.0. The Balaban J connectivity index is 1.58. The van der Waals surface area contributed by atoms with Crippen LogP contribution in [-0.2, 0) is 16.1 Å². The number of carbonyl (C=O) groups is 1. The molecule has 0 saturated heterocycles. The van der Waals surface area contributed by atoms with Crippen molar-refractivity contribution in [3.8, 4) is 5.75 Å². The van der Waals surface area contributed by atoms with E-state index in [-0.39, 0.29) is 25.2 Å². The largest absolute Gasteiger partial charge is 0.489 e. The average Bonchev–Trinajstić information content (AvgIpc) is 3.21. The Bertz CT molecular complexity index is 1080. The lowest BCUT2D eigenvalue weighted by Gasteiger charge is -2.33. The van der Waals surface area contributed by atoms with Crippen molar-refractivity contribution in [3.05, 3.63) is 87.3 Å². The topological polar surface area (TPSA) is 51.1 Å². The third-order valence-corrected chi connectivity index (χ3v) is 6.08. The molecule has 4 rings (SSSR count). The number of hydrogen-bond donors (Lipinski definition) is 0. The van der Waals surface area contributed by atoms with Gasteiger partial charge in [0.05, 0.1) is 28.9 Å². The number of hydrogen-bond acceptors (Lipinski definition) is 6. The van der Waals surface area contributed by atoms with Crippen LogP contribution in [-0.4, -0.2) is 22.6 Å². The van der Waals surface area contributed by atoms with Gasteiger partial charge in [0.2, 0.25) is 0 Å². The monoisotopic (exact) mass is 458 g/mol. The van der Waals surface area contributed by atoms with Crippen LogP contribution in [0.1, 0.15) is 31.0 Å². The van der Waals surface area contributed by atoms with Gasteiger partial charge < -0.3 is 14.4 Å². The first-order valence-electron chi connectivity index (χ1n) is 9.73. The second kappa shape index (κ2) is 9.16. The number of ether oxygens (including phenoxy) is 2. The number of aliphatic imine (C=N–C) groups is 1. The SMILES string of the molecule is CCOC(=O)C1=C(C)N=C2SC=CN2[C@H]1c1ccc(OCc2c(F)cccc2Cl)cc1. The Kier molecular flexibility index (Phi) is 6.34. The number of esters is 1. The summed E-state index contributed by atoms with van der Waals surface area (Å²) in [5.41, 5.74) is 2.34. The van der Waals surface area contributed by atoms with Gasteiger partial charge in [0, 0.05) is 11.8 Å². The van der Waals surface area contributed by atoms with Crippen LogP contribution in [0.2, 0.25) is 5.02 Å². The summed E-state index contributed by atoms with van der Waals surface area (Å²) in [5, 5.41) is 3.07. The fourth-order valence-electron chi connectivity index (χ4n) is 3.47. The van der Waals surface area contributed by atoms with Gasteiger partial charge >= 0.3 is 5.97 Å². The standard InChI is InChI=1S/C23H20ClFN2O3S/c1-3-29-22(28)20-14(2)26-23-27(11-12-31-23)21(20)15-7-9-16(10-8-15)30-13-17-18(24)5-4-6-19(17)25/h4-12,21H,3,13H2,1-2H3/t21-/m0/s1. The summed E-state index contributed by atoms with van der Waals surface area (Å²) < 4.78 is 25.0. The van der Waals surface area contributed by atoms with Crippen molar-refractivity contribution in [2.24, 2.45) is 4.99 Å². The van der Waals surface area contributed by atoms with E-state index in [1.807, 2.05) is 35.6 Å². The first-order valence-corrected chi connectivity index (χ1v) is 11.0. The molecular weight excluding hydrogens is 439 g/mol. The molecular formula is C23H20ClFN2O3S. The van der Waals surface area contributed by atoms with Crippen LogP contribution in [0.25, 0.3) is 0 Å². The van der Waals surface area contributed by atoms with Crippen LogP contribution in [0.5, 0.6) is 5.75 Å². The van der Waals surface area contributed by atoms with Crippen molar-refractivity contribution in [1.29, 1.82) is 0 Å². The second-order valence-electron chi connectivity index (χ2n) is 6.88. The van der Waals surface area contributed by atoms with E-state index in [9.17, 15) is 9.18 Å². The van der Waals surface area contributed by atoms with Gasteiger partial charge in [-0.2, -0.15) is 0 Å². The van der Waals surface area contributed by atoms with Crippen molar-refractivity contribution in [2.75, 3.05) is 6.61 Å². The van der Waals surface area contributed by atoms with Gasteiger partial charge in [-0.1, -0.05) is 41.6 Å². The zero-order valence-electron chi connectivity index (χ0n) is 17.0. The van der Waals surface area contributed by atoms with E-state index < -0.39 is 5.82 Å². The number of allylic oxidation sites excluding steroid dienone is 1. The normalized spacial score (nSPS) is 17.5. The summed E-state index contributed by atoms with van der Waals surface area (Å²) in [5.74, 6) is -0.221. The molecule has 0 aromatic heterocycles. The summed E-state index contributed by atoms with van der Waals surface area (Å²) in [6.07, 6.45) is 1.91. The molecule has 8 heteroatoms. The number of nitrogens with zero attached hydrogens (tertiary/aromatic N) is 2. The van der Waals surface area contributed by atoms with Crippen LogP contribution in [0.15, 0.2) is 70.3 Å². The Morgan fingerprint density at radius 2 is 2.03 bits per heavy atom. The molecule has 0 saturated carbocycles. The predicted octanol–water partition coefficient (Wildman–Crippen LogP) is 5.83. The number of benzene rings is 2. The molecule has 0 unspecified atom stereocenters. The predicted molar refractivity (Wildman–Crippen MR) is 120 cm³/mol.